The molecule has 0 radical (unpaired) electrons. The molecule has 3 rings (SSSR count). The van der Waals surface area contributed by atoms with Crippen molar-refractivity contribution >= 4 is 11.8 Å². The number of nitrogens with one attached hydrogen (secondary N) is 1. The van der Waals surface area contributed by atoms with Crippen LogP contribution < -0.4 is 11.1 Å². The number of nitrogens with zero attached hydrogens (tertiary/aromatic N) is 2. The minimum Gasteiger partial charge on any atom is -0.366 e. The molecule has 30 heavy (non-hydrogen) atoms. The first kappa shape index (κ1) is 20.9. The molecule has 0 atom stereocenters. The Morgan fingerprint density at radius 2 is 1.83 bits per heavy atom. The minimum atomic E-state index is -4.63. The van der Waals surface area contributed by atoms with Gasteiger partial charge in [0.25, 0.3) is 5.91 Å². The van der Waals surface area contributed by atoms with Crippen LogP contribution >= 0.6 is 0 Å². The number of alkyl halides is 3. The predicted molar refractivity (Wildman–Crippen MR) is 98.6 cm³/mol. The van der Waals surface area contributed by atoms with Gasteiger partial charge in [-0.25, -0.2) is 4.39 Å². The van der Waals surface area contributed by atoms with E-state index < -0.39 is 29.4 Å². The molecule has 0 unspecified atom stereocenters. The van der Waals surface area contributed by atoms with E-state index in [4.69, 9.17) is 5.73 Å². The van der Waals surface area contributed by atoms with Crippen LogP contribution in [0.5, 0.6) is 0 Å². The van der Waals surface area contributed by atoms with E-state index in [9.17, 15) is 27.2 Å². The van der Waals surface area contributed by atoms with Crippen molar-refractivity contribution < 1.29 is 27.2 Å². The first-order valence-corrected chi connectivity index (χ1v) is 8.52. The molecule has 0 saturated carbocycles. The van der Waals surface area contributed by atoms with Crippen LogP contribution in [-0.2, 0) is 12.7 Å². The molecular formula is C20H14F4N4O2. The molecule has 0 aliphatic rings. The zero-order chi connectivity index (χ0) is 21.9. The van der Waals surface area contributed by atoms with Crippen LogP contribution in [0.3, 0.4) is 0 Å². The van der Waals surface area contributed by atoms with Gasteiger partial charge >= 0.3 is 6.18 Å². The molecule has 2 heterocycles. The largest absolute Gasteiger partial charge is 0.416 e. The zero-order valence-electron chi connectivity index (χ0n) is 15.2. The van der Waals surface area contributed by atoms with E-state index in [1.54, 1.807) is 0 Å². The number of carbonyl (C=O) groups is 2. The zero-order valence-corrected chi connectivity index (χ0v) is 15.2. The number of rotatable bonds is 5. The van der Waals surface area contributed by atoms with Gasteiger partial charge in [-0.3, -0.25) is 19.6 Å². The summed E-state index contributed by atoms with van der Waals surface area (Å²) in [6.07, 6.45) is -2.25. The van der Waals surface area contributed by atoms with E-state index in [-0.39, 0.29) is 34.6 Å². The van der Waals surface area contributed by atoms with Crippen LogP contribution in [0.25, 0.3) is 11.3 Å². The van der Waals surface area contributed by atoms with Crippen molar-refractivity contribution in [3.05, 3.63) is 83.1 Å². The number of amides is 2. The van der Waals surface area contributed by atoms with E-state index in [1.807, 2.05) is 0 Å². The summed E-state index contributed by atoms with van der Waals surface area (Å²) < 4.78 is 53.5. The molecule has 0 fully saturated rings. The quantitative estimate of drug-likeness (QED) is 0.621. The predicted octanol–water partition coefficient (Wildman–Crippen LogP) is 3.33. The average molecular weight is 418 g/mol. The van der Waals surface area contributed by atoms with Gasteiger partial charge < -0.3 is 11.1 Å². The maximum Gasteiger partial charge on any atom is 0.416 e. The van der Waals surface area contributed by atoms with Gasteiger partial charge in [0.2, 0.25) is 5.91 Å². The maximum absolute atomic E-state index is 14.2. The van der Waals surface area contributed by atoms with E-state index in [2.05, 4.69) is 15.3 Å². The van der Waals surface area contributed by atoms with Crippen molar-refractivity contribution in [1.82, 2.24) is 15.3 Å². The molecule has 0 aliphatic heterocycles. The van der Waals surface area contributed by atoms with E-state index in [0.29, 0.717) is 0 Å². The molecule has 6 nitrogen and oxygen atoms in total. The van der Waals surface area contributed by atoms with Crippen molar-refractivity contribution in [2.45, 2.75) is 12.7 Å². The summed E-state index contributed by atoms with van der Waals surface area (Å²) in [4.78, 5) is 31.0. The normalized spacial score (nSPS) is 11.2. The number of carbonyl (C=O) groups excluding carboxylic acids is 2. The second-order valence-corrected chi connectivity index (χ2v) is 6.18. The van der Waals surface area contributed by atoms with Crippen molar-refractivity contribution in [2.24, 2.45) is 5.73 Å². The highest BCUT2D eigenvalue weighted by Crippen LogP contribution is 2.34. The lowest BCUT2D eigenvalue weighted by atomic mass is 10.00. The monoisotopic (exact) mass is 418 g/mol. The molecule has 154 valence electrons. The highest BCUT2D eigenvalue weighted by molar-refractivity contribution is 5.95. The van der Waals surface area contributed by atoms with Crippen molar-refractivity contribution in [1.29, 1.82) is 0 Å². The number of primary amides is 1. The maximum atomic E-state index is 14.2. The molecule has 0 spiro atoms. The second kappa shape index (κ2) is 8.27. The topological polar surface area (TPSA) is 98.0 Å². The first-order chi connectivity index (χ1) is 14.2. The Labute approximate surface area is 167 Å². The third-order valence-corrected chi connectivity index (χ3v) is 4.17. The van der Waals surface area contributed by atoms with Gasteiger partial charge in [-0.15, -0.1) is 0 Å². The molecule has 0 aliphatic carbocycles. The number of benzene rings is 1. The molecule has 0 saturated heterocycles. The van der Waals surface area contributed by atoms with E-state index >= 15 is 0 Å². The Hall–Kier alpha value is -3.82. The Morgan fingerprint density at radius 3 is 2.43 bits per heavy atom. The smallest absolute Gasteiger partial charge is 0.366 e. The van der Waals surface area contributed by atoms with Crippen LogP contribution in [0.2, 0.25) is 0 Å². The van der Waals surface area contributed by atoms with Gasteiger partial charge in [-0.05, 0) is 42.0 Å². The Balaban J connectivity index is 1.89. The fourth-order valence-corrected chi connectivity index (χ4v) is 2.65. The van der Waals surface area contributed by atoms with Crippen molar-refractivity contribution in [3.8, 4) is 11.3 Å². The summed E-state index contributed by atoms with van der Waals surface area (Å²) in [6, 6.07) is 7.76. The van der Waals surface area contributed by atoms with E-state index in [1.165, 1.54) is 24.4 Å². The van der Waals surface area contributed by atoms with Gasteiger partial charge in [-0.2, -0.15) is 13.2 Å². The molecule has 10 heteroatoms. The van der Waals surface area contributed by atoms with Crippen LogP contribution in [0.15, 0.2) is 54.9 Å². The van der Waals surface area contributed by atoms with Gasteiger partial charge in [0.05, 0.1) is 11.1 Å². The first-order valence-electron chi connectivity index (χ1n) is 8.52. The van der Waals surface area contributed by atoms with Crippen LogP contribution in [0.4, 0.5) is 17.6 Å². The third-order valence-electron chi connectivity index (χ3n) is 4.17. The number of hydrogen-bond acceptors (Lipinski definition) is 4. The summed E-state index contributed by atoms with van der Waals surface area (Å²) >= 11 is 0. The van der Waals surface area contributed by atoms with Gasteiger partial charge in [0.1, 0.15) is 17.2 Å². The molecule has 1 aromatic carbocycles. The second-order valence-electron chi connectivity index (χ2n) is 6.18. The van der Waals surface area contributed by atoms with Crippen molar-refractivity contribution in [3.63, 3.8) is 0 Å². The molecule has 0 bridgehead atoms. The standard InChI is InChI=1S/C20H14F4N4O2/c21-15-2-1-7-26-17(15)14-8-13(20(22,23)24)5-3-11(14)9-28-19(30)16-6-4-12(10-27-16)18(25)29/h1-8,10H,9H2,(H2,25,29)(H,28,30). The summed E-state index contributed by atoms with van der Waals surface area (Å²) in [5.41, 5.74) is 4.08. The number of nitrogens with two attached hydrogens (primary N) is 1. The number of halogens is 4. The Bertz CT molecular complexity index is 1100. The summed E-state index contributed by atoms with van der Waals surface area (Å²) in [6.45, 7) is -0.207. The van der Waals surface area contributed by atoms with Gasteiger partial charge in [0, 0.05) is 24.5 Å². The van der Waals surface area contributed by atoms with Crippen LogP contribution in [-0.4, -0.2) is 21.8 Å². The SMILES string of the molecule is NC(=O)c1ccc(C(=O)NCc2ccc(C(F)(F)F)cc2-c2ncccc2F)nc1. The Kier molecular flexibility index (Phi) is 5.77. The number of hydrogen-bond donors (Lipinski definition) is 2. The summed E-state index contributed by atoms with van der Waals surface area (Å²) in [5, 5.41) is 2.50. The molecule has 2 amide bonds. The lowest BCUT2D eigenvalue weighted by molar-refractivity contribution is -0.137. The average Bonchev–Trinajstić information content (AvgIpc) is 2.71. The fraction of sp³-hybridized carbons (Fsp3) is 0.100. The van der Waals surface area contributed by atoms with Crippen LogP contribution in [0, 0.1) is 5.82 Å². The highest BCUT2D eigenvalue weighted by atomic mass is 19.4. The van der Waals surface area contributed by atoms with E-state index in [0.717, 1.165) is 30.5 Å². The molecule has 3 N–H and O–H groups in total. The van der Waals surface area contributed by atoms with Gasteiger partial charge in [-0.1, -0.05) is 6.07 Å². The Morgan fingerprint density at radius 1 is 1.07 bits per heavy atom. The highest BCUT2D eigenvalue weighted by Gasteiger charge is 2.31. The lowest BCUT2D eigenvalue weighted by Gasteiger charge is -2.14. The third kappa shape index (κ3) is 4.59. The van der Waals surface area contributed by atoms with Crippen molar-refractivity contribution in [2.75, 3.05) is 0 Å². The number of aromatic nitrogens is 2. The molecule has 3 aromatic rings. The summed E-state index contributed by atoms with van der Waals surface area (Å²) in [5.74, 6) is -2.15. The van der Waals surface area contributed by atoms with Gasteiger partial charge in [0.15, 0.2) is 0 Å². The molecular weight excluding hydrogens is 404 g/mol. The number of pyridine rings is 2. The van der Waals surface area contributed by atoms with Crippen LogP contribution in [0.1, 0.15) is 32.0 Å². The minimum absolute atomic E-state index is 0.0301. The molecule has 2 aromatic heterocycles. The fourth-order valence-electron chi connectivity index (χ4n) is 2.65. The summed E-state index contributed by atoms with van der Waals surface area (Å²) in [7, 11) is 0. The lowest BCUT2D eigenvalue weighted by Crippen LogP contribution is -2.24.